The maximum absolute atomic E-state index is 11.9. The molecule has 96 valence electrons. The van der Waals surface area contributed by atoms with Crippen LogP contribution in [0.1, 0.15) is 23.2 Å². The summed E-state index contributed by atoms with van der Waals surface area (Å²) >= 11 is 11.4. The van der Waals surface area contributed by atoms with Crippen molar-refractivity contribution in [2.45, 2.75) is 18.9 Å². The van der Waals surface area contributed by atoms with Crippen molar-refractivity contribution < 1.29 is 14.7 Å². The molecular weight excluding hydrogens is 279 g/mol. The van der Waals surface area contributed by atoms with Gasteiger partial charge < -0.3 is 10.4 Å². The first kappa shape index (κ1) is 13.1. The highest BCUT2D eigenvalue weighted by molar-refractivity contribution is 6.34. The Bertz CT molecular complexity index is 503. The zero-order chi connectivity index (χ0) is 13.3. The first-order valence-corrected chi connectivity index (χ1v) is 6.10. The third-order valence-corrected chi connectivity index (χ3v) is 3.20. The van der Waals surface area contributed by atoms with Crippen LogP contribution in [0.4, 0.5) is 0 Å². The van der Waals surface area contributed by atoms with Crippen molar-refractivity contribution in [1.82, 2.24) is 10.3 Å². The number of amides is 1. The fourth-order valence-corrected chi connectivity index (χ4v) is 2.04. The summed E-state index contributed by atoms with van der Waals surface area (Å²) in [6.45, 7) is 0. The summed E-state index contributed by atoms with van der Waals surface area (Å²) in [5.41, 5.74) is 0.118. The molecule has 1 heterocycles. The van der Waals surface area contributed by atoms with Crippen LogP contribution in [0.2, 0.25) is 10.3 Å². The average Bonchev–Trinajstić information content (AvgIpc) is 3.08. The summed E-state index contributed by atoms with van der Waals surface area (Å²) in [4.78, 5) is 26.6. The van der Waals surface area contributed by atoms with Crippen LogP contribution < -0.4 is 5.32 Å². The van der Waals surface area contributed by atoms with Gasteiger partial charge in [0.25, 0.3) is 5.91 Å². The van der Waals surface area contributed by atoms with E-state index in [0.717, 1.165) is 12.8 Å². The van der Waals surface area contributed by atoms with Gasteiger partial charge in [0.15, 0.2) is 0 Å². The van der Waals surface area contributed by atoms with Gasteiger partial charge in [-0.15, -0.1) is 0 Å². The van der Waals surface area contributed by atoms with Gasteiger partial charge in [-0.05, 0) is 30.9 Å². The molecule has 0 aliphatic heterocycles. The van der Waals surface area contributed by atoms with Crippen molar-refractivity contribution in [1.29, 1.82) is 0 Å². The topological polar surface area (TPSA) is 79.3 Å². The van der Waals surface area contributed by atoms with Crippen LogP contribution in [-0.4, -0.2) is 28.0 Å². The summed E-state index contributed by atoms with van der Waals surface area (Å²) in [7, 11) is 0. The molecule has 1 aromatic rings. The fraction of sp³-hybridized carbons (Fsp3) is 0.364. The Balaban J connectivity index is 2.13. The molecule has 7 heteroatoms. The van der Waals surface area contributed by atoms with E-state index in [1.54, 1.807) is 0 Å². The lowest BCUT2D eigenvalue weighted by atomic mass is 10.1. The zero-order valence-electron chi connectivity index (χ0n) is 9.19. The van der Waals surface area contributed by atoms with Gasteiger partial charge in [-0.3, -0.25) is 4.79 Å². The SMILES string of the molecule is O=C(NC(C(=O)O)C1CC1)c1ccc(Cl)nc1Cl. The molecule has 1 atom stereocenters. The molecule has 0 radical (unpaired) electrons. The number of nitrogens with one attached hydrogen (secondary N) is 1. The van der Waals surface area contributed by atoms with Crippen LogP contribution in [0.15, 0.2) is 12.1 Å². The average molecular weight is 289 g/mol. The smallest absolute Gasteiger partial charge is 0.326 e. The molecule has 1 amide bonds. The normalized spacial score (nSPS) is 16.1. The number of hydrogen-bond donors (Lipinski definition) is 2. The van der Waals surface area contributed by atoms with E-state index in [9.17, 15) is 9.59 Å². The molecule has 5 nitrogen and oxygen atoms in total. The van der Waals surface area contributed by atoms with Crippen LogP contribution in [0.3, 0.4) is 0 Å². The van der Waals surface area contributed by atoms with Crippen LogP contribution in [0, 0.1) is 5.92 Å². The second-order valence-electron chi connectivity index (χ2n) is 4.10. The second-order valence-corrected chi connectivity index (χ2v) is 4.84. The van der Waals surface area contributed by atoms with Crippen molar-refractivity contribution in [3.63, 3.8) is 0 Å². The van der Waals surface area contributed by atoms with Crippen molar-refractivity contribution in [3.05, 3.63) is 28.0 Å². The summed E-state index contributed by atoms with van der Waals surface area (Å²) in [6, 6.07) is 1.97. The first-order valence-electron chi connectivity index (χ1n) is 5.34. The van der Waals surface area contributed by atoms with Crippen molar-refractivity contribution in [2.75, 3.05) is 0 Å². The van der Waals surface area contributed by atoms with Gasteiger partial charge in [0, 0.05) is 0 Å². The number of rotatable bonds is 4. The highest BCUT2D eigenvalue weighted by Crippen LogP contribution is 2.33. The van der Waals surface area contributed by atoms with Crippen molar-refractivity contribution >= 4 is 35.1 Å². The largest absolute Gasteiger partial charge is 0.480 e. The monoisotopic (exact) mass is 288 g/mol. The molecule has 0 saturated heterocycles. The lowest BCUT2D eigenvalue weighted by Crippen LogP contribution is -2.42. The maximum atomic E-state index is 11.9. The number of nitrogens with zero attached hydrogens (tertiary/aromatic N) is 1. The van der Waals surface area contributed by atoms with Gasteiger partial charge in [-0.1, -0.05) is 23.2 Å². The molecule has 1 aliphatic rings. The van der Waals surface area contributed by atoms with Gasteiger partial charge in [-0.25, -0.2) is 9.78 Å². The molecule has 0 aromatic carbocycles. The predicted octanol–water partition coefficient (Wildman–Crippen LogP) is 1.98. The van der Waals surface area contributed by atoms with E-state index in [0.29, 0.717) is 0 Å². The van der Waals surface area contributed by atoms with E-state index < -0.39 is 17.9 Å². The van der Waals surface area contributed by atoms with Crippen LogP contribution in [0.5, 0.6) is 0 Å². The lowest BCUT2D eigenvalue weighted by molar-refractivity contribution is -0.139. The van der Waals surface area contributed by atoms with Crippen LogP contribution in [0.25, 0.3) is 0 Å². The van der Waals surface area contributed by atoms with Gasteiger partial charge in [-0.2, -0.15) is 0 Å². The standard InChI is InChI=1S/C11H10Cl2N2O3/c12-7-4-3-6(9(13)14-7)10(16)15-8(11(17)18)5-1-2-5/h3-5,8H,1-2H2,(H,15,16)(H,17,18). The Morgan fingerprint density at radius 1 is 1.39 bits per heavy atom. The summed E-state index contributed by atoms with van der Waals surface area (Å²) in [5.74, 6) is -1.59. The minimum atomic E-state index is -1.04. The van der Waals surface area contributed by atoms with Crippen molar-refractivity contribution in [2.24, 2.45) is 5.92 Å². The summed E-state index contributed by atoms with van der Waals surface area (Å²) < 4.78 is 0. The predicted molar refractivity (Wildman–Crippen MR) is 65.9 cm³/mol. The number of carboxylic acids is 1. The zero-order valence-corrected chi connectivity index (χ0v) is 10.7. The third kappa shape index (κ3) is 2.91. The van der Waals surface area contributed by atoms with E-state index in [-0.39, 0.29) is 21.8 Å². The lowest BCUT2D eigenvalue weighted by Gasteiger charge is -2.13. The second kappa shape index (κ2) is 5.12. The van der Waals surface area contributed by atoms with Gasteiger partial charge in [0.1, 0.15) is 16.3 Å². The molecule has 2 N–H and O–H groups in total. The number of aromatic nitrogens is 1. The molecule has 0 bridgehead atoms. The van der Waals surface area contributed by atoms with E-state index in [1.165, 1.54) is 12.1 Å². The van der Waals surface area contributed by atoms with E-state index in [1.807, 2.05) is 0 Å². The van der Waals surface area contributed by atoms with Crippen LogP contribution in [-0.2, 0) is 4.79 Å². The molecule has 18 heavy (non-hydrogen) atoms. The summed E-state index contributed by atoms with van der Waals surface area (Å²) in [6.07, 6.45) is 1.62. The van der Waals surface area contributed by atoms with E-state index in [2.05, 4.69) is 10.3 Å². The Hall–Kier alpha value is -1.33. The number of carboxylic acid groups (broad SMARTS) is 1. The molecule has 1 aliphatic carbocycles. The number of pyridine rings is 1. The van der Waals surface area contributed by atoms with E-state index >= 15 is 0 Å². The number of carbonyl (C=O) groups is 2. The summed E-state index contributed by atoms with van der Waals surface area (Å²) in [5, 5.41) is 11.6. The molecule has 2 rings (SSSR count). The number of aliphatic carboxylic acids is 1. The Morgan fingerprint density at radius 2 is 2.06 bits per heavy atom. The van der Waals surface area contributed by atoms with Crippen LogP contribution >= 0.6 is 23.2 Å². The van der Waals surface area contributed by atoms with Crippen molar-refractivity contribution in [3.8, 4) is 0 Å². The van der Waals surface area contributed by atoms with E-state index in [4.69, 9.17) is 28.3 Å². The Kier molecular flexibility index (Phi) is 3.73. The minimum Gasteiger partial charge on any atom is -0.480 e. The fourth-order valence-electron chi connectivity index (χ4n) is 1.61. The first-order chi connectivity index (χ1) is 8.49. The Morgan fingerprint density at radius 3 is 2.56 bits per heavy atom. The van der Waals surface area contributed by atoms with Gasteiger partial charge >= 0.3 is 5.97 Å². The molecular formula is C11H10Cl2N2O3. The molecule has 1 aromatic heterocycles. The number of hydrogen-bond acceptors (Lipinski definition) is 3. The number of halogens is 2. The molecule has 1 saturated carbocycles. The van der Waals surface area contributed by atoms with Gasteiger partial charge in [0.05, 0.1) is 5.56 Å². The molecule has 1 unspecified atom stereocenters. The maximum Gasteiger partial charge on any atom is 0.326 e. The van der Waals surface area contributed by atoms with Gasteiger partial charge in [0.2, 0.25) is 0 Å². The number of carbonyl (C=O) groups excluding carboxylic acids is 1. The molecule has 0 spiro atoms. The highest BCUT2D eigenvalue weighted by atomic mass is 35.5. The third-order valence-electron chi connectivity index (χ3n) is 2.71. The quantitative estimate of drug-likeness (QED) is 0.831. The highest BCUT2D eigenvalue weighted by Gasteiger charge is 2.37. The Labute approximate surface area is 113 Å². The minimum absolute atomic E-state index is 0.00508. The molecule has 1 fully saturated rings.